The number of pyridine rings is 2. The number of nitrogens with zero attached hydrogens (tertiary/aromatic N) is 3. The van der Waals surface area contributed by atoms with Crippen LogP contribution in [0.3, 0.4) is 0 Å². The largest absolute Gasteiger partial charge is 0.394 e. The SMILES string of the molecule is N#Cc1ccccc1-c1cc(-c2ccccn2)cn(-c2ccccc2)c1=O.O=S(=O)(O)O. The van der Waals surface area contributed by atoms with Crippen molar-refractivity contribution in [2.24, 2.45) is 0 Å². The fourth-order valence-corrected chi connectivity index (χ4v) is 3.04. The highest BCUT2D eigenvalue weighted by molar-refractivity contribution is 7.79. The van der Waals surface area contributed by atoms with Gasteiger partial charge in [-0.05, 0) is 36.4 Å². The molecule has 0 aliphatic heterocycles. The molecule has 2 N–H and O–H groups in total. The van der Waals surface area contributed by atoms with Gasteiger partial charge in [0.05, 0.1) is 17.3 Å². The first-order chi connectivity index (χ1) is 15.3. The van der Waals surface area contributed by atoms with E-state index in [0.29, 0.717) is 16.7 Å². The number of nitriles is 1. The van der Waals surface area contributed by atoms with Gasteiger partial charge in [-0.2, -0.15) is 13.7 Å². The molecular weight excluding hydrogens is 430 g/mol. The van der Waals surface area contributed by atoms with E-state index in [1.807, 2.05) is 54.6 Å². The molecule has 0 amide bonds. The summed E-state index contributed by atoms with van der Waals surface area (Å²) >= 11 is 0. The first-order valence-electron chi connectivity index (χ1n) is 9.21. The predicted molar refractivity (Wildman–Crippen MR) is 120 cm³/mol. The molecule has 0 aliphatic carbocycles. The maximum absolute atomic E-state index is 13.3. The average Bonchev–Trinajstić information content (AvgIpc) is 2.79. The lowest BCUT2D eigenvalue weighted by Gasteiger charge is -2.13. The summed E-state index contributed by atoms with van der Waals surface area (Å²) in [5.74, 6) is 0. The summed E-state index contributed by atoms with van der Waals surface area (Å²) in [6.07, 6.45) is 3.51. The lowest BCUT2D eigenvalue weighted by Crippen LogP contribution is -2.20. The van der Waals surface area contributed by atoms with Gasteiger partial charge in [-0.3, -0.25) is 23.5 Å². The molecular formula is C23H17N3O5S. The van der Waals surface area contributed by atoms with Crippen LogP contribution in [0.5, 0.6) is 0 Å². The van der Waals surface area contributed by atoms with E-state index >= 15 is 0 Å². The van der Waals surface area contributed by atoms with Gasteiger partial charge in [-0.1, -0.05) is 42.5 Å². The Morgan fingerprint density at radius 3 is 2.12 bits per heavy atom. The van der Waals surface area contributed by atoms with Crippen molar-refractivity contribution in [1.82, 2.24) is 9.55 Å². The summed E-state index contributed by atoms with van der Waals surface area (Å²) in [6, 6.07) is 26.2. The second-order valence-electron chi connectivity index (χ2n) is 6.47. The Bertz CT molecular complexity index is 1420. The summed E-state index contributed by atoms with van der Waals surface area (Å²) in [7, 11) is -4.67. The van der Waals surface area contributed by atoms with Gasteiger partial charge in [0.1, 0.15) is 0 Å². The van der Waals surface area contributed by atoms with Crippen LogP contribution in [0.2, 0.25) is 0 Å². The molecule has 8 nitrogen and oxygen atoms in total. The van der Waals surface area contributed by atoms with Crippen molar-refractivity contribution in [2.75, 3.05) is 0 Å². The van der Waals surface area contributed by atoms with Crippen molar-refractivity contribution in [2.45, 2.75) is 0 Å². The van der Waals surface area contributed by atoms with Gasteiger partial charge in [0, 0.05) is 34.8 Å². The van der Waals surface area contributed by atoms with E-state index in [1.165, 1.54) is 0 Å². The minimum atomic E-state index is -4.67. The summed E-state index contributed by atoms with van der Waals surface area (Å²) in [5, 5.41) is 9.47. The Morgan fingerprint density at radius 1 is 0.875 bits per heavy atom. The summed E-state index contributed by atoms with van der Waals surface area (Å²) in [4.78, 5) is 17.7. The van der Waals surface area contributed by atoms with E-state index < -0.39 is 10.4 Å². The molecule has 0 unspecified atom stereocenters. The molecule has 0 spiro atoms. The van der Waals surface area contributed by atoms with Gasteiger partial charge in [-0.15, -0.1) is 0 Å². The fourth-order valence-electron chi connectivity index (χ4n) is 3.04. The summed E-state index contributed by atoms with van der Waals surface area (Å²) in [5.41, 5.74) is 3.71. The van der Waals surface area contributed by atoms with E-state index in [9.17, 15) is 10.1 Å². The van der Waals surface area contributed by atoms with Crippen LogP contribution in [0.4, 0.5) is 0 Å². The van der Waals surface area contributed by atoms with Gasteiger partial charge in [0.15, 0.2) is 0 Å². The highest BCUT2D eigenvalue weighted by Crippen LogP contribution is 2.26. The van der Waals surface area contributed by atoms with Gasteiger partial charge in [0.2, 0.25) is 0 Å². The summed E-state index contributed by atoms with van der Waals surface area (Å²) < 4.78 is 33.2. The van der Waals surface area contributed by atoms with Crippen molar-refractivity contribution in [1.29, 1.82) is 5.26 Å². The van der Waals surface area contributed by atoms with Crippen molar-refractivity contribution in [3.05, 3.63) is 107 Å². The normalized spacial score (nSPS) is 10.5. The van der Waals surface area contributed by atoms with Gasteiger partial charge < -0.3 is 0 Å². The number of para-hydroxylation sites is 1. The molecule has 4 aromatic rings. The third-order valence-electron chi connectivity index (χ3n) is 4.35. The Labute approximate surface area is 184 Å². The first kappa shape index (κ1) is 22.6. The quantitative estimate of drug-likeness (QED) is 0.457. The van der Waals surface area contributed by atoms with Crippen LogP contribution in [0.15, 0.2) is 96.1 Å². The average molecular weight is 447 g/mol. The van der Waals surface area contributed by atoms with E-state index in [2.05, 4.69) is 11.1 Å². The zero-order valence-electron chi connectivity index (χ0n) is 16.5. The van der Waals surface area contributed by atoms with Crippen LogP contribution in [0.25, 0.3) is 28.1 Å². The molecule has 0 bridgehead atoms. The molecule has 2 aromatic heterocycles. The zero-order chi connectivity index (χ0) is 23.1. The van der Waals surface area contributed by atoms with Crippen molar-refractivity contribution in [3.63, 3.8) is 0 Å². The van der Waals surface area contributed by atoms with Gasteiger partial charge in [-0.25, -0.2) is 0 Å². The minimum absolute atomic E-state index is 0.177. The van der Waals surface area contributed by atoms with Crippen molar-refractivity contribution in [3.8, 4) is 34.1 Å². The number of hydrogen-bond donors (Lipinski definition) is 2. The lowest BCUT2D eigenvalue weighted by atomic mass is 9.99. The van der Waals surface area contributed by atoms with Crippen LogP contribution in [-0.4, -0.2) is 27.1 Å². The van der Waals surface area contributed by atoms with Crippen LogP contribution in [0, 0.1) is 11.3 Å². The molecule has 0 aliphatic rings. The third-order valence-corrected chi connectivity index (χ3v) is 4.35. The Hall–Kier alpha value is -4.10. The van der Waals surface area contributed by atoms with Crippen LogP contribution < -0.4 is 5.56 Å². The molecule has 32 heavy (non-hydrogen) atoms. The second-order valence-corrected chi connectivity index (χ2v) is 7.37. The standard InChI is InChI=1S/C23H15N3O.H2O4S/c24-15-17-8-4-5-11-20(17)21-14-18(22-12-6-7-13-25-22)16-26(23(21)27)19-9-2-1-3-10-19;1-5(2,3)4/h1-14,16H;(H2,1,2,3,4). The van der Waals surface area contributed by atoms with E-state index in [-0.39, 0.29) is 5.56 Å². The predicted octanol–water partition coefficient (Wildman–Crippen LogP) is 3.79. The van der Waals surface area contributed by atoms with E-state index in [4.69, 9.17) is 17.5 Å². The molecule has 2 aromatic carbocycles. The Morgan fingerprint density at radius 2 is 1.50 bits per heavy atom. The maximum atomic E-state index is 13.3. The third kappa shape index (κ3) is 5.74. The molecule has 0 saturated heterocycles. The van der Waals surface area contributed by atoms with Gasteiger partial charge >= 0.3 is 10.4 Å². The highest BCUT2D eigenvalue weighted by atomic mass is 32.3. The fraction of sp³-hybridized carbons (Fsp3) is 0. The van der Waals surface area contributed by atoms with Crippen LogP contribution in [-0.2, 0) is 10.4 Å². The minimum Gasteiger partial charge on any atom is -0.283 e. The molecule has 0 radical (unpaired) electrons. The number of aromatic nitrogens is 2. The number of hydrogen-bond acceptors (Lipinski definition) is 5. The smallest absolute Gasteiger partial charge is 0.283 e. The number of rotatable bonds is 3. The molecule has 0 atom stereocenters. The monoisotopic (exact) mass is 447 g/mol. The summed E-state index contributed by atoms with van der Waals surface area (Å²) in [6.45, 7) is 0. The van der Waals surface area contributed by atoms with Crippen LogP contribution in [0.1, 0.15) is 5.56 Å². The molecule has 160 valence electrons. The first-order valence-corrected chi connectivity index (χ1v) is 10.6. The van der Waals surface area contributed by atoms with Crippen molar-refractivity contribution >= 4 is 10.4 Å². The maximum Gasteiger partial charge on any atom is 0.394 e. The highest BCUT2D eigenvalue weighted by Gasteiger charge is 2.14. The molecule has 9 heteroatoms. The lowest BCUT2D eigenvalue weighted by molar-refractivity contribution is 0.381. The molecule has 0 saturated carbocycles. The zero-order valence-corrected chi connectivity index (χ0v) is 17.3. The number of benzene rings is 2. The van der Waals surface area contributed by atoms with Gasteiger partial charge in [0.25, 0.3) is 5.56 Å². The molecule has 2 heterocycles. The van der Waals surface area contributed by atoms with Crippen molar-refractivity contribution < 1.29 is 17.5 Å². The molecule has 0 fully saturated rings. The van der Waals surface area contributed by atoms with E-state index in [1.54, 1.807) is 41.2 Å². The Balaban J connectivity index is 0.000000523. The second kappa shape index (κ2) is 9.80. The van der Waals surface area contributed by atoms with E-state index in [0.717, 1.165) is 16.9 Å². The molecule has 4 rings (SSSR count). The Kier molecular flexibility index (Phi) is 6.92. The topological polar surface area (TPSA) is 133 Å². The van der Waals surface area contributed by atoms with Crippen LogP contribution >= 0.6 is 0 Å².